The van der Waals surface area contributed by atoms with E-state index in [2.05, 4.69) is 5.32 Å². The molecule has 5 nitrogen and oxygen atoms in total. The largest absolute Gasteiger partial charge is 0.503 e. The number of aliphatic hydroxyl groups is 1. The zero-order chi connectivity index (χ0) is 21.0. The Kier molecular flexibility index (Phi) is 6.83. The molecule has 1 atom stereocenters. The lowest BCUT2D eigenvalue weighted by Gasteiger charge is -2.24. The number of aliphatic hydroxyl groups excluding tert-OH is 1. The van der Waals surface area contributed by atoms with Crippen LogP contribution in [0.1, 0.15) is 30.5 Å². The minimum Gasteiger partial charge on any atom is -0.503 e. The Morgan fingerprint density at radius 2 is 1.90 bits per heavy atom. The van der Waals surface area contributed by atoms with Crippen molar-refractivity contribution in [1.29, 1.82) is 0 Å². The Balaban J connectivity index is 1.53. The number of hydrogen-bond acceptors (Lipinski definition) is 3. The molecule has 7 heteroatoms. The summed E-state index contributed by atoms with van der Waals surface area (Å²) in [5.74, 6) is -1.43. The van der Waals surface area contributed by atoms with Crippen LogP contribution < -0.4 is 5.32 Å². The molecule has 0 saturated carbocycles. The Morgan fingerprint density at radius 3 is 2.59 bits per heavy atom. The lowest BCUT2D eigenvalue weighted by Crippen LogP contribution is -2.32. The van der Waals surface area contributed by atoms with E-state index in [4.69, 9.17) is 23.2 Å². The summed E-state index contributed by atoms with van der Waals surface area (Å²) < 4.78 is 0. The van der Waals surface area contributed by atoms with Gasteiger partial charge in [-0.2, -0.15) is 0 Å². The number of benzene rings is 2. The minimum atomic E-state index is -0.526. The summed E-state index contributed by atoms with van der Waals surface area (Å²) in [4.78, 5) is 26.4. The highest BCUT2D eigenvalue weighted by Crippen LogP contribution is 2.28. The molecule has 0 saturated heterocycles. The third kappa shape index (κ3) is 4.92. The van der Waals surface area contributed by atoms with Crippen LogP contribution in [0.4, 0.5) is 0 Å². The van der Waals surface area contributed by atoms with Crippen LogP contribution in [0.15, 0.2) is 59.9 Å². The van der Waals surface area contributed by atoms with Gasteiger partial charge >= 0.3 is 0 Å². The van der Waals surface area contributed by atoms with Gasteiger partial charge in [-0.15, -0.1) is 0 Å². The highest BCUT2D eigenvalue weighted by molar-refractivity contribution is 6.42. The van der Waals surface area contributed by atoms with Gasteiger partial charge in [0.2, 0.25) is 0 Å². The van der Waals surface area contributed by atoms with Crippen molar-refractivity contribution in [3.8, 4) is 0 Å². The summed E-state index contributed by atoms with van der Waals surface area (Å²) in [6.45, 7) is 2.37. The van der Waals surface area contributed by atoms with Crippen LogP contribution in [-0.2, 0) is 16.0 Å². The van der Waals surface area contributed by atoms with Crippen molar-refractivity contribution in [3.05, 3.63) is 81.0 Å². The molecule has 0 unspecified atom stereocenters. The third-order valence-corrected chi connectivity index (χ3v) is 5.75. The van der Waals surface area contributed by atoms with Crippen LogP contribution >= 0.6 is 23.2 Å². The fourth-order valence-corrected chi connectivity index (χ4v) is 3.60. The molecule has 152 valence electrons. The van der Waals surface area contributed by atoms with E-state index >= 15 is 0 Å². The van der Waals surface area contributed by atoms with Crippen molar-refractivity contribution >= 4 is 35.0 Å². The number of aryl methyl sites for hydroxylation is 1. The predicted octanol–water partition coefficient (Wildman–Crippen LogP) is 4.46. The summed E-state index contributed by atoms with van der Waals surface area (Å²) in [6.07, 6.45) is 1.41. The van der Waals surface area contributed by atoms with E-state index in [-0.39, 0.29) is 18.2 Å². The molecule has 1 aliphatic heterocycles. The highest BCUT2D eigenvalue weighted by Gasteiger charge is 2.36. The van der Waals surface area contributed by atoms with Gasteiger partial charge in [-0.3, -0.25) is 9.59 Å². The number of rotatable bonds is 7. The van der Waals surface area contributed by atoms with Gasteiger partial charge in [0.15, 0.2) is 5.76 Å². The summed E-state index contributed by atoms with van der Waals surface area (Å²) in [5.41, 5.74) is 2.07. The van der Waals surface area contributed by atoms with Gasteiger partial charge in [-0.25, -0.2) is 0 Å². The van der Waals surface area contributed by atoms with E-state index in [1.54, 1.807) is 12.1 Å². The number of nitrogens with zero attached hydrogens (tertiary/aromatic N) is 1. The third-order valence-electron chi connectivity index (χ3n) is 5.01. The molecule has 0 aromatic heterocycles. The molecule has 3 rings (SSSR count). The first-order valence-electron chi connectivity index (χ1n) is 9.38. The van der Waals surface area contributed by atoms with E-state index in [0.29, 0.717) is 23.0 Å². The molecule has 29 heavy (non-hydrogen) atoms. The average molecular weight is 433 g/mol. The summed E-state index contributed by atoms with van der Waals surface area (Å²) in [5, 5.41) is 14.0. The SMILES string of the molecule is C[C@H](c1ccccc1)N1CC(C(=O)NCCCc2ccc(Cl)c(Cl)c2)=C(O)C1=O. The molecule has 2 aromatic carbocycles. The van der Waals surface area contributed by atoms with Crippen LogP contribution in [-0.4, -0.2) is 34.9 Å². The van der Waals surface area contributed by atoms with E-state index < -0.39 is 17.6 Å². The van der Waals surface area contributed by atoms with Gasteiger partial charge in [0, 0.05) is 6.54 Å². The minimum absolute atomic E-state index is 0.0827. The fraction of sp³-hybridized carbons (Fsp3) is 0.273. The molecule has 0 spiro atoms. The average Bonchev–Trinajstić information content (AvgIpc) is 3.03. The molecule has 0 radical (unpaired) electrons. The van der Waals surface area contributed by atoms with E-state index in [1.807, 2.05) is 43.3 Å². The first-order valence-corrected chi connectivity index (χ1v) is 10.1. The number of amides is 2. The monoisotopic (exact) mass is 432 g/mol. The van der Waals surface area contributed by atoms with Gasteiger partial charge in [-0.1, -0.05) is 59.6 Å². The van der Waals surface area contributed by atoms with E-state index in [1.165, 1.54) is 4.90 Å². The number of nitrogens with one attached hydrogen (secondary N) is 1. The first-order chi connectivity index (χ1) is 13.9. The molecular weight excluding hydrogens is 411 g/mol. The van der Waals surface area contributed by atoms with Gasteiger partial charge < -0.3 is 15.3 Å². The van der Waals surface area contributed by atoms with Crippen molar-refractivity contribution in [2.75, 3.05) is 13.1 Å². The molecule has 1 aliphatic rings. The van der Waals surface area contributed by atoms with Crippen molar-refractivity contribution in [1.82, 2.24) is 10.2 Å². The van der Waals surface area contributed by atoms with Crippen molar-refractivity contribution < 1.29 is 14.7 Å². The van der Waals surface area contributed by atoms with Crippen molar-refractivity contribution in [2.24, 2.45) is 0 Å². The predicted molar refractivity (Wildman–Crippen MR) is 114 cm³/mol. The maximum Gasteiger partial charge on any atom is 0.290 e. The molecule has 2 N–H and O–H groups in total. The van der Waals surface area contributed by atoms with Gasteiger partial charge in [0.05, 0.1) is 28.2 Å². The summed E-state index contributed by atoms with van der Waals surface area (Å²) in [6, 6.07) is 14.7. The Labute approximate surface area is 179 Å². The standard InChI is InChI=1S/C22H22Cl2N2O3/c1-14(16-7-3-2-4-8-16)26-13-17(20(27)22(26)29)21(28)25-11-5-6-15-9-10-18(23)19(24)12-15/h2-4,7-10,12,14,27H,5-6,11,13H2,1H3,(H,25,28)/t14-/m1/s1. The van der Waals surface area contributed by atoms with Crippen LogP contribution in [0.25, 0.3) is 0 Å². The lowest BCUT2D eigenvalue weighted by molar-refractivity contribution is -0.129. The Hall–Kier alpha value is -2.50. The number of halogens is 2. The maximum atomic E-state index is 12.5. The van der Waals surface area contributed by atoms with Gasteiger partial charge in [-0.05, 0) is 43.0 Å². The lowest BCUT2D eigenvalue weighted by atomic mass is 10.1. The van der Waals surface area contributed by atoms with Crippen molar-refractivity contribution in [3.63, 3.8) is 0 Å². The van der Waals surface area contributed by atoms with E-state index in [9.17, 15) is 14.7 Å². The zero-order valence-corrected chi connectivity index (χ0v) is 17.5. The molecule has 2 amide bonds. The van der Waals surface area contributed by atoms with Gasteiger partial charge in [0.25, 0.3) is 11.8 Å². The molecule has 1 heterocycles. The summed E-state index contributed by atoms with van der Waals surface area (Å²) >= 11 is 11.9. The van der Waals surface area contributed by atoms with Crippen LogP contribution in [0.5, 0.6) is 0 Å². The molecule has 2 aromatic rings. The molecule has 0 aliphatic carbocycles. The topological polar surface area (TPSA) is 69.6 Å². The fourth-order valence-electron chi connectivity index (χ4n) is 3.28. The van der Waals surface area contributed by atoms with Crippen LogP contribution in [0.2, 0.25) is 10.0 Å². The number of hydrogen-bond donors (Lipinski definition) is 2. The molecule has 0 fully saturated rings. The quantitative estimate of drug-likeness (QED) is 0.634. The first kappa shape index (κ1) is 21.2. The molecular formula is C22H22Cl2N2O3. The van der Waals surface area contributed by atoms with Gasteiger partial charge in [0.1, 0.15) is 0 Å². The van der Waals surface area contributed by atoms with Crippen LogP contribution in [0, 0.1) is 0 Å². The molecule has 0 bridgehead atoms. The Morgan fingerprint density at radius 1 is 1.17 bits per heavy atom. The highest BCUT2D eigenvalue weighted by atomic mass is 35.5. The normalized spacial score (nSPS) is 15.0. The van der Waals surface area contributed by atoms with Crippen molar-refractivity contribution in [2.45, 2.75) is 25.8 Å². The Bertz CT molecular complexity index is 944. The second-order valence-electron chi connectivity index (χ2n) is 6.95. The zero-order valence-electron chi connectivity index (χ0n) is 16.0. The second kappa shape index (κ2) is 9.33. The summed E-state index contributed by atoms with van der Waals surface area (Å²) in [7, 11) is 0. The second-order valence-corrected chi connectivity index (χ2v) is 7.77. The maximum absolute atomic E-state index is 12.5. The van der Waals surface area contributed by atoms with Crippen LogP contribution in [0.3, 0.4) is 0 Å². The van der Waals surface area contributed by atoms with E-state index in [0.717, 1.165) is 17.5 Å². The number of carbonyl (C=O) groups excluding carboxylic acids is 2. The number of carbonyl (C=O) groups is 2. The smallest absolute Gasteiger partial charge is 0.290 e.